The van der Waals surface area contributed by atoms with Crippen LogP contribution in [0.1, 0.15) is 57.4 Å². The molecule has 6 heteroatoms. The first-order valence-electron chi connectivity index (χ1n) is 10.7. The first-order valence-corrected chi connectivity index (χ1v) is 10.7. The van der Waals surface area contributed by atoms with E-state index in [0.29, 0.717) is 13.1 Å². The van der Waals surface area contributed by atoms with Crippen LogP contribution in [0.25, 0.3) is 0 Å². The summed E-state index contributed by atoms with van der Waals surface area (Å²) in [7, 11) is 1.97. The van der Waals surface area contributed by atoms with E-state index >= 15 is 0 Å². The maximum atomic E-state index is 13.3. The molecule has 0 bridgehead atoms. The van der Waals surface area contributed by atoms with Crippen molar-refractivity contribution in [3.63, 3.8) is 0 Å². The Kier molecular flexibility index (Phi) is 7.18. The van der Waals surface area contributed by atoms with Gasteiger partial charge in [-0.3, -0.25) is 9.59 Å². The molecule has 0 spiro atoms. The van der Waals surface area contributed by atoms with Gasteiger partial charge in [0.1, 0.15) is 12.3 Å². The summed E-state index contributed by atoms with van der Waals surface area (Å²) in [6, 6.07) is 7.74. The second-order valence-electron chi connectivity index (χ2n) is 8.14. The van der Waals surface area contributed by atoms with E-state index in [2.05, 4.69) is 6.92 Å². The minimum atomic E-state index is -0.0470. The van der Waals surface area contributed by atoms with Crippen LogP contribution in [0.5, 0.6) is 0 Å². The number of carbonyl (C=O) groups is 2. The lowest BCUT2D eigenvalue weighted by atomic mass is 10.0. The first-order chi connectivity index (χ1) is 14.0. The van der Waals surface area contributed by atoms with Gasteiger partial charge in [0.15, 0.2) is 0 Å². The molecule has 0 N–H and O–H groups in total. The number of aryl methyl sites for hydroxylation is 1. The first kappa shape index (κ1) is 21.2. The van der Waals surface area contributed by atoms with Crippen LogP contribution >= 0.6 is 0 Å². The van der Waals surface area contributed by atoms with Crippen molar-refractivity contribution >= 4 is 11.8 Å². The molecule has 0 aromatic carbocycles. The van der Waals surface area contributed by atoms with Gasteiger partial charge in [0.2, 0.25) is 11.8 Å². The maximum absolute atomic E-state index is 13.3. The van der Waals surface area contributed by atoms with Crippen molar-refractivity contribution in [3.05, 3.63) is 48.2 Å². The summed E-state index contributed by atoms with van der Waals surface area (Å²) in [6.45, 7) is 5.09. The quantitative estimate of drug-likeness (QED) is 0.641. The van der Waals surface area contributed by atoms with Crippen molar-refractivity contribution < 1.29 is 14.0 Å². The van der Waals surface area contributed by atoms with Gasteiger partial charge in [0, 0.05) is 30.9 Å². The van der Waals surface area contributed by atoms with Crippen molar-refractivity contribution in [2.45, 2.75) is 65.1 Å². The summed E-state index contributed by atoms with van der Waals surface area (Å²) >= 11 is 0. The van der Waals surface area contributed by atoms with Crippen LogP contribution in [0, 0.1) is 5.92 Å². The normalized spacial score (nSPS) is 15.4. The van der Waals surface area contributed by atoms with Crippen molar-refractivity contribution in [2.24, 2.45) is 13.0 Å². The van der Waals surface area contributed by atoms with E-state index in [1.807, 2.05) is 49.0 Å². The molecule has 1 fully saturated rings. The maximum Gasteiger partial charge on any atom is 0.242 e. The molecule has 1 aliphatic carbocycles. The van der Waals surface area contributed by atoms with Crippen LogP contribution in [0.3, 0.4) is 0 Å². The Morgan fingerprint density at radius 3 is 2.55 bits per heavy atom. The number of aromatic nitrogens is 1. The Bertz CT molecular complexity index is 790. The minimum Gasteiger partial charge on any atom is -0.467 e. The van der Waals surface area contributed by atoms with Gasteiger partial charge in [-0.1, -0.05) is 19.8 Å². The van der Waals surface area contributed by atoms with Gasteiger partial charge in [-0.05, 0) is 50.5 Å². The highest BCUT2D eigenvalue weighted by molar-refractivity contribution is 5.86. The average Bonchev–Trinajstić information content (AvgIpc) is 3.48. The molecule has 0 radical (unpaired) electrons. The monoisotopic (exact) mass is 399 g/mol. The van der Waals surface area contributed by atoms with Crippen LogP contribution in [0.4, 0.5) is 0 Å². The number of carbonyl (C=O) groups excluding carboxylic acids is 2. The third kappa shape index (κ3) is 5.31. The molecule has 3 rings (SSSR count). The Morgan fingerprint density at radius 1 is 1.21 bits per heavy atom. The molecule has 0 aliphatic heterocycles. The highest BCUT2D eigenvalue weighted by Crippen LogP contribution is 2.27. The number of hydrogen-bond donors (Lipinski definition) is 0. The van der Waals surface area contributed by atoms with Gasteiger partial charge < -0.3 is 18.8 Å². The van der Waals surface area contributed by atoms with Gasteiger partial charge in [-0.2, -0.15) is 0 Å². The highest BCUT2D eigenvalue weighted by atomic mass is 16.3. The summed E-state index contributed by atoms with van der Waals surface area (Å²) in [5, 5.41) is 0. The highest BCUT2D eigenvalue weighted by Gasteiger charge is 2.32. The van der Waals surface area contributed by atoms with Gasteiger partial charge >= 0.3 is 0 Å². The second kappa shape index (κ2) is 9.81. The molecule has 1 atom stereocenters. The Morgan fingerprint density at radius 2 is 1.97 bits per heavy atom. The molecule has 1 aliphatic rings. The molecule has 6 nitrogen and oxygen atoms in total. The standard InChI is InChI=1S/C23H33N3O3/c1-4-18(2)26(23(28)19-9-5-6-10-19)17-22(27)25(16-21-12-8-14-29-21)15-20-11-7-13-24(20)3/h7-8,11-14,18-19H,4-6,9-10,15-17H2,1-3H3/t18-/m0/s1. The summed E-state index contributed by atoms with van der Waals surface area (Å²) in [4.78, 5) is 30.1. The summed E-state index contributed by atoms with van der Waals surface area (Å²) in [5.74, 6) is 0.907. The minimum absolute atomic E-state index is 0.0470. The fourth-order valence-corrected chi connectivity index (χ4v) is 4.00. The van der Waals surface area contributed by atoms with E-state index in [-0.39, 0.29) is 30.3 Å². The van der Waals surface area contributed by atoms with Gasteiger partial charge in [-0.25, -0.2) is 0 Å². The van der Waals surface area contributed by atoms with Gasteiger partial charge in [0.05, 0.1) is 19.4 Å². The topological polar surface area (TPSA) is 58.7 Å². The van der Waals surface area contributed by atoms with E-state index in [0.717, 1.165) is 43.6 Å². The molecule has 2 amide bonds. The van der Waals surface area contributed by atoms with E-state index in [9.17, 15) is 9.59 Å². The van der Waals surface area contributed by atoms with Crippen molar-refractivity contribution in [2.75, 3.05) is 6.54 Å². The Labute approximate surface area is 173 Å². The lowest BCUT2D eigenvalue weighted by Crippen LogP contribution is -2.48. The van der Waals surface area contributed by atoms with E-state index in [1.165, 1.54) is 0 Å². The van der Waals surface area contributed by atoms with Crippen LogP contribution in [-0.4, -0.2) is 38.8 Å². The number of nitrogens with zero attached hydrogens (tertiary/aromatic N) is 3. The predicted molar refractivity (Wildman–Crippen MR) is 112 cm³/mol. The molecule has 29 heavy (non-hydrogen) atoms. The molecule has 2 heterocycles. The molecule has 2 aromatic heterocycles. The molecular weight excluding hydrogens is 366 g/mol. The fourth-order valence-electron chi connectivity index (χ4n) is 4.00. The second-order valence-corrected chi connectivity index (χ2v) is 8.14. The lowest BCUT2D eigenvalue weighted by Gasteiger charge is -2.33. The van der Waals surface area contributed by atoms with Crippen LogP contribution < -0.4 is 0 Å². The Balaban J connectivity index is 1.76. The van der Waals surface area contributed by atoms with Crippen LogP contribution in [-0.2, 0) is 29.7 Å². The van der Waals surface area contributed by atoms with E-state index < -0.39 is 0 Å². The van der Waals surface area contributed by atoms with Crippen molar-refractivity contribution in [1.82, 2.24) is 14.4 Å². The third-order valence-electron chi connectivity index (χ3n) is 6.10. The van der Waals surface area contributed by atoms with Gasteiger partial charge in [-0.15, -0.1) is 0 Å². The predicted octanol–water partition coefficient (Wildman–Crippen LogP) is 3.96. The number of amides is 2. The SMILES string of the molecule is CC[C@H](C)N(CC(=O)N(Cc1ccco1)Cc1cccn1C)C(=O)C1CCCC1. The Hall–Kier alpha value is -2.50. The summed E-state index contributed by atoms with van der Waals surface area (Å²) in [5.41, 5.74) is 1.04. The zero-order valence-electron chi connectivity index (χ0n) is 17.8. The molecule has 0 unspecified atom stereocenters. The number of furan rings is 1. The van der Waals surface area contributed by atoms with Crippen LogP contribution in [0.15, 0.2) is 41.1 Å². The molecule has 158 valence electrons. The number of hydrogen-bond acceptors (Lipinski definition) is 3. The van der Waals surface area contributed by atoms with Crippen molar-refractivity contribution in [3.8, 4) is 0 Å². The zero-order chi connectivity index (χ0) is 20.8. The van der Waals surface area contributed by atoms with Gasteiger partial charge in [0.25, 0.3) is 0 Å². The molecule has 0 saturated heterocycles. The molecule has 1 saturated carbocycles. The van der Waals surface area contributed by atoms with E-state index in [4.69, 9.17) is 4.42 Å². The fraction of sp³-hybridized carbons (Fsp3) is 0.565. The third-order valence-corrected chi connectivity index (χ3v) is 6.10. The molecule has 2 aromatic rings. The average molecular weight is 400 g/mol. The van der Waals surface area contributed by atoms with Crippen LogP contribution in [0.2, 0.25) is 0 Å². The summed E-state index contributed by atoms with van der Waals surface area (Å²) in [6.07, 6.45) is 8.53. The smallest absolute Gasteiger partial charge is 0.242 e. The lowest BCUT2D eigenvalue weighted by molar-refractivity contribution is -0.145. The zero-order valence-corrected chi connectivity index (χ0v) is 17.8. The van der Waals surface area contributed by atoms with Crippen molar-refractivity contribution in [1.29, 1.82) is 0 Å². The summed E-state index contributed by atoms with van der Waals surface area (Å²) < 4.78 is 7.50. The largest absolute Gasteiger partial charge is 0.467 e. The van der Waals surface area contributed by atoms with E-state index in [1.54, 1.807) is 16.1 Å². The number of rotatable bonds is 9. The molecular formula is C23H33N3O3.